The van der Waals surface area contributed by atoms with E-state index in [2.05, 4.69) is 29.5 Å². The van der Waals surface area contributed by atoms with Gasteiger partial charge in [-0.05, 0) is 12.3 Å². The third-order valence-corrected chi connectivity index (χ3v) is 3.66. The van der Waals surface area contributed by atoms with Gasteiger partial charge in [-0.2, -0.15) is 0 Å². The Balaban J connectivity index is 2.63. The van der Waals surface area contributed by atoms with Gasteiger partial charge in [0.2, 0.25) is 0 Å². The first kappa shape index (κ1) is 9.03. The molecule has 0 fully saturated rings. The Morgan fingerprint density at radius 3 is 2.73 bits per heavy atom. The highest BCUT2D eigenvalue weighted by molar-refractivity contribution is 14.1. The summed E-state index contributed by atoms with van der Waals surface area (Å²) in [5.74, 6) is -0.436. The van der Waals surface area contributed by atoms with Crippen LogP contribution in [0.1, 0.15) is 13.3 Å². The van der Waals surface area contributed by atoms with E-state index < -0.39 is 5.97 Å². The fraction of sp³-hybridized carbons (Fsp3) is 0.625. The van der Waals surface area contributed by atoms with Crippen LogP contribution in [0.2, 0.25) is 0 Å². The van der Waals surface area contributed by atoms with Crippen LogP contribution in [-0.4, -0.2) is 15.0 Å². The minimum atomic E-state index is -0.699. The van der Waals surface area contributed by atoms with Crippen LogP contribution in [0.25, 0.3) is 0 Å². The zero-order valence-corrected chi connectivity index (χ0v) is 8.48. The van der Waals surface area contributed by atoms with Crippen molar-refractivity contribution in [3.63, 3.8) is 0 Å². The zero-order chi connectivity index (χ0) is 8.43. The molecule has 0 heterocycles. The number of hydrogen-bond acceptors (Lipinski definition) is 1. The maximum Gasteiger partial charge on any atom is 0.310 e. The molecule has 62 valence electrons. The lowest BCUT2D eigenvalue weighted by Gasteiger charge is -2.22. The molecule has 0 aromatic rings. The Morgan fingerprint density at radius 2 is 2.27 bits per heavy atom. The summed E-state index contributed by atoms with van der Waals surface area (Å²) in [4.78, 5) is 10.6. The molecule has 2 unspecified atom stereocenters. The van der Waals surface area contributed by atoms with Gasteiger partial charge in [-0.1, -0.05) is 41.7 Å². The molecule has 1 aliphatic carbocycles. The van der Waals surface area contributed by atoms with Crippen molar-refractivity contribution < 1.29 is 9.90 Å². The Morgan fingerprint density at radius 1 is 1.64 bits per heavy atom. The second-order valence-electron chi connectivity index (χ2n) is 2.94. The van der Waals surface area contributed by atoms with Gasteiger partial charge in [-0.3, -0.25) is 4.79 Å². The van der Waals surface area contributed by atoms with Crippen molar-refractivity contribution in [3.05, 3.63) is 12.2 Å². The minimum Gasteiger partial charge on any atom is -0.481 e. The molecule has 0 saturated heterocycles. The average Bonchev–Trinajstić information content (AvgIpc) is 1.94. The van der Waals surface area contributed by atoms with Crippen LogP contribution in [0.4, 0.5) is 0 Å². The predicted octanol–water partition coefficient (Wildman–Crippen LogP) is 2.09. The second-order valence-corrected chi connectivity index (χ2v) is 4.54. The number of carboxylic acids is 1. The first-order valence-corrected chi connectivity index (χ1v) is 4.91. The lowest BCUT2D eigenvalue weighted by atomic mass is 9.90. The summed E-state index contributed by atoms with van der Waals surface area (Å²) in [6.45, 7) is 2.12. The van der Waals surface area contributed by atoms with Crippen LogP contribution in [0, 0.1) is 11.8 Å². The standard InChI is InChI=1S/C8H11IO2/c1-5-2-3-6(8(10)11)4-7(5)9/h2-3,5-7H,4H2,1H3,(H,10,11)/t5?,6?,7-/m1/s1. The number of rotatable bonds is 1. The molecule has 2 nitrogen and oxygen atoms in total. The van der Waals surface area contributed by atoms with Gasteiger partial charge in [0.15, 0.2) is 0 Å². The van der Waals surface area contributed by atoms with Gasteiger partial charge < -0.3 is 5.11 Å². The first-order valence-electron chi connectivity index (χ1n) is 3.66. The summed E-state index contributed by atoms with van der Waals surface area (Å²) < 4.78 is 0.471. The zero-order valence-electron chi connectivity index (χ0n) is 6.33. The third kappa shape index (κ3) is 2.18. The lowest BCUT2D eigenvalue weighted by molar-refractivity contribution is -0.140. The molecule has 1 N–H and O–H groups in total. The molecule has 1 rings (SSSR count). The molecule has 0 amide bonds. The monoisotopic (exact) mass is 266 g/mol. The Kier molecular flexibility index (Phi) is 2.92. The number of carboxylic acid groups (broad SMARTS) is 1. The maximum absolute atomic E-state index is 10.6. The van der Waals surface area contributed by atoms with Crippen molar-refractivity contribution in [2.24, 2.45) is 11.8 Å². The first-order chi connectivity index (χ1) is 5.11. The minimum absolute atomic E-state index is 0.256. The van der Waals surface area contributed by atoms with E-state index in [1.54, 1.807) is 0 Å². The highest BCUT2D eigenvalue weighted by atomic mass is 127. The molecular formula is C8H11IO2. The number of hydrogen-bond donors (Lipinski definition) is 1. The van der Waals surface area contributed by atoms with Crippen LogP contribution in [0.15, 0.2) is 12.2 Å². The smallest absolute Gasteiger partial charge is 0.310 e. The fourth-order valence-corrected chi connectivity index (χ4v) is 1.94. The number of halogens is 1. The van der Waals surface area contributed by atoms with Crippen molar-refractivity contribution in [2.75, 3.05) is 0 Å². The lowest BCUT2D eigenvalue weighted by Crippen LogP contribution is -2.23. The molecule has 3 heteroatoms. The van der Waals surface area contributed by atoms with E-state index >= 15 is 0 Å². The van der Waals surface area contributed by atoms with Gasteiger partial charge >= 0.3 is 5.97 Å². The van der Waals surface area contributed by atoms with Gasteiger partial charge in [0.1, 0.15) is 0 Å². The van der Waals surface area contributed by atoms with Crippen LogP contribution in [-0.2, 0) is 4.79 Å². The van der Waals surface area contributed by atoms with Crippen LogP contribution in [0.5, 0.6) is 0 Å². The number of allylic oxidation sites excluding steroid dienone is 1. The fourth-order valence-electron chi connectivity index (χ4n) is 1.15. The Hall–Kier alpha value is -0.0600. The van der Waals surface area contributed by atoms with Crippen molar-refractivity contribution >= 4 is 28.6 Å². The number of carbonyl (C=O) groups is 1. The Labute approximate surface area is 79.8 Å². The summed E-state index contributed by atoms with van der Waals surface area (Å²) >= 11 is 2.32. The van der Waals surface area contributed by atoms with Gasteiger partial charge in [-0.15, -0.1) is 0 Å². The van der Waals surface area contributed by atoms with E-state index in [1.165, 1.54) is 0 Å². The number of alkyl halides is 1. The summed E-state index contributed by atoms with van der Waals surface area (Å²) in [5, 5.41) is 8.69. The van der Waals surface area contributed by atoms with E-state index in [0.717, 1.165) is 6.42 Å². The molecule has 0 aromatic heterocycles. The summed E-state index contributed by atoms with van der Waals surface area (Å²) in [7, 11) is 0. The molecule has 0 aliphatic heterocycles. The van der Waals surface area contributed by atoms with E-state index in [0.29, 0.717) is 9.84 Å². The highest BCUT2D eigenvalue weighted by Crippen LogP contribution is 2.28. The second kappa shape index (κ2) is 3.56. The van der Waals surface area contributed by atoms with Gasteiger partial charge in [0.05, 0.1) is 5.92 Å². The van der Waals surface area contributed by atoms with E-state index in [4.69, 9.17) is 5.11 Å². The van der Waals surface area contributed by atoms with Crippen molar-refractivity contribution in [1.29, 1.82) is 0 Å². The molecule has 0 saturated carbocycles. The maximum atomic E-state index is 10.6. The molecule has 0 radical (unpaired) electrons. The van der Waals surface area contributed by atoms with Gasteiger partial charge in [0.25, 0.3) is 0 Å². The quantitative estimate of drug-likeness (QED) is 0.448. The van der Waals surface area contributed by atoms with Crippen LogP contribution in [0.3, 0.4) is 0 Å². The number of aliphatic carboxylic acids is 1. The average molecular weight is 266 g/mol. The molecule has 3 atom stereocenters. The molecule has 0 bridgehead atoms. The Bertz CT molecular complexity index is 189. The van der Waals surface area contributed by atoms with E-state index in [9.17, 15) is 4.79 Å². The summed E-state index contributed by atoms with van der Waals surface area (Å²) in [6, 6.07) is 0. The van der Waals surface area contributed by atoms with Crippen LogP contribution < -0.4 is 0 Å². The molecular weight excluding hydrogens is 255 g/mol. The van der Waals surface area contributed by atoms with Crippen LogP contribution >= 0.6 is 22.6 Å². The van der Waals surface area contributed by atoms with Gasteiger partial charge in [-0.25, -0.2) is 0 Å². The van der Waals surface area contributed by atoms with E-state index in [1.807, 2.05) is 12.2 Å². The highest BCUT2D eigenvalue weighted by Gasteiger charge is 2.25. The van der Waals surface area contributed by atoms with Crippen molar-refractivity contribution in [2.45, 2.75) is 17.3 Å². The molecule has 0 aromatic carbocycles. The predicted molar refractivity (Wildman–Crippen MR) is 51.9 cm³/mol. The molecule has 0 spiro atoms. The van der Waals surface area contributed by atoms with E-state index in [-0.39, 0.29) is 5.92 Å². The summed E-state index contributed by atoms with van der Waals surface area (Å²) in [6.07, 6.45) is 4.58. The molecule has 11 heavy (non-hydrogen) atoms. The van der Waals surface area contributed by atoms with Crippen molar-refractivity contribution in [1.82, 2.24) is 0 Å². The third-order valence-electron chi connectivity index (χ3n) is 2.01. The largest absolute Gasteiger partial charge is 0.481 e. The summed E-state index contributed by atoms with van der Waals surface area (Å²) in [5.41, 5.74) is 0. The normalized spacial score (nSPS) is 37.1. The molecule has 1 aliphatic rings. The van der Waals surface area contributed by atoms with Gasteiger partial charge in [0, 0.05) is 3.92 Å². The topological polar surface area (TPSA) is 37.3 Å². The SMILES string of the molecule is CC1C=CC(C(=O)O)C[C@H]1I. The van der Waals surface area contributed by atoms with Crippen molar-refractivity contribution in [3.8, 4) is 0 Å².